The van der Waals surface area contributed by atoms with Crippen LogP contribution < -0.4 is 0 Å². The second kappa shape index (κ2) is 6.37. The Bertz CT molecular complexity index is 1430. The van der Waals surface area contributed by atoms with Gasteiger partial charge in [0.1, 0.15) is 0 Å². The Hall–Kier alpha value is -3.77. The quantitative estimate of drug-likeness (QED) is 0.394. The lowest BCUT2D eigenvalue weighted by Crippen LogP contribution is -2.29. The highest BCUT2D eigenvalue weighted by Gasteiger charge is 2.35. The molecular formula is C24H15N3O2S. The highest BCUT2D eigenvalue weighted by atomic mass is 32.1. The molecule has 6 rings (SSSR count). The Labute approximate surface area is 175 Å². The van der Waals surface area contributed by atoms with Crippen LogP contribution >= 0.6 is 11.3 Å². The monoisotopic (exact) mass is 409 g/mol. The van der Waals surface area contributed by atoms with E-state index in [1.807, 2.05) is 42.6 Å². The minimum absolute atomic E-state index is 0.232. The SMILES string of the molecule is O=C1c2ccccc2C(=O)N1Cc1ccc2c(c1)sc1nc(-c3ccccc3)cn12. The molecule has 2 amide bonds. The van der Waals surface area contributed by atoms with Gasteiger partial charge < -0.3 is 0 Å². The van der Waals surface area contributed by atoms with E-state index in [0.29, 0.717) is 11.1 Å². The van der Waals surface area contributed by atoms with E-state index < -0.39 is 0 Å². The Kier molecular flexibility index (Phi) is 3.63. The Balaban J connectivity index is 1.34. The van der Waals surface area contributed by atoms with E-state index in [0.717, 1.165) is 32.0 Å². The summed E-state index contributed by atoms with van der Waals surface area (Å²) >= 11 is 1.60. The molecule has 0 saturated carbocycles. The molecule has 0 unspecified atom stereocenters. The first-order chi connectivity index (χ1) is 14.7. The van der Waals surface area contributed by atoms with Crippen LogP contribution in [-0.2, 0) is 6.54 Å². The number of hydrogen-bond acceptors (Lipinski definition) is 4. The third kappa shape index (κ3) is 2.51. The fourth-order valence-corrected chi connectivity index (χ4v) is 5.03. The zero-order chi connectivity index (χ0) is 20.2. The van der Waals surface area contributed by atoms with Gasteiger partial charge in [-0.3, -0.25) is 18.9 Å². The summed E-state index contributed by atoms with van der Waals surface area (Å²) < 4.78 is 3.17. The molecule has 144 valence electrons. The standard InChI is InChI=1S/C24H15N3O2S/c28-22-17-8-4-5-9-18(17)23(29)27(22)13-15-10-11-20-21(12-15)30-24-25-19(14-26(20)24)16-6-2-1-3-7-16/h1-12,14H,13H2. The molecule has 0 bridgehead atoms. The minimum atomic E-state index is -0.232. The van der Waals surface area contributed by atoms with Gasteiger partial charge in [0.05, 0.1) is 33.6 Å². The third-order valence-corrected chi connectivity index (χ3v) is 6.46. The van der Waals surface area contributed by atoms with Gasteiger partial charge in [0.15, 0.2) is 4.96 Å². The average molecular weight is 409 g/mol. The average Bonchev–Trinajstić information content (AvgIpc) is 3.41. The van der Waals surface area contributed by atoms with E-state index in [9.17, 15) is 9.59 Å². The molecule has 30 heavy (non-hydrogen) atoms. The maximum absolute atomic E-state index is 12.6. The number of hydrogen-bond donors (Lipinski definition) is 0. The molecule has 0 saturated heterocycles. The van der Waals surface area contributed by atoms with Crippen LogP contribution in [0.15, 0.2) is 79.0 Å². The van der Waals surface area contributed by atoms with Gasteiger partial charge in [0.25, 0.3) is 11.8 Å². The first kappa shape index (κ1) is 17.1. The third-order valence-electron chi connectivity index (χ3n) is 5.45. The number of fused-ring (bicyclic) bond motifs is 4. The van der Waals surface area contributed by atoms with Crippen molar-refractivity contribution >= 4 is 38.3 Å². The number of aromatic nitrogens is 2. The molecule has 1 aliphatic heterocycles. The first-order valence-electron chi connectivity index (χ1n) is 9.60. The van der Waals surface area contributed by atoms with Gasteiger partial charge in [0.2, 0.25) is 0 Å². The highest BCUT2D eigenvalue weighted by Crippen LogP contribution is 2.31. The lowest BCUT2D eigenvalue weighted by atomic mass is 10.1. The second-order valence-corrected chi connectivity index (χ2v) is 8.30. The van der Waals surface area contributed by atoms with E-state index in [1.165, 1.54) is 4.90 Å². The molecule has 0 N–H and O–H groups in total. The summed E-state index contributed by atoms with van der Waals surface area (Å²) in [4.78, 5) is 32.3. The van der Waals surface area contributed by atoms with Crippen molar-refractivity contribution in [1.29, 1.82) is 0 Å². The number of benzene rings is 3. The lowest BCUT2D eigenvalue weighted by Gasteiger charge is -2.13. The highest BCUT2D eigenvalue weighted by molar-refractivity contribution is 7.23. The van der Waals surface area contributed by atoms with Crippen molar-refractivity contribution in [3.8, 4) is 11.3 Å². The lowest BCUT2D eigenvalue weighted by molar-refractivity contribution is 0.0642. The zero-order valence-electron chi connectivity index (χ0n) is 15.8. The van der Waals surface area contributed by atoms with Crippen molar-refractivity contribution in [2.45, 2.75) is 6.54 Å². The summed E-state index contributed by atoms with van der Waals surface area (Å²) in [5.74, 6) is -0.464. The van der Waals surface area contributed by atoms with E-state index in [2.05, 4.69) is 16.5 Å². The number of imide groups is 1. The molecule has 0 aliphatic carbocycles. The summed E-state index contributed by atoms with van der Waals surface area (Å²) in [6.07, 6.45) is 2.05. The Morgan fingerprint density at radius 3 is 2.27 bits per heavy atom. The van der Waals surface area contributed by atoms with Gasteiger partial charge in [-0.1, -0.05) is 59.9 Å². The van der Waals surface area contributed by atoms with Gasteiger partial charge in [-0.2, -0.15) is 0 Å². The second-order valence-electron chi connectivity index (χ2n) is 7.29. The van der Waals surface area contributed by atoms with E-state index >= 15 is 0 Å². The number of carbonyl (C=O) groups excluding carboxylic acids is 2. The fraction of sp³-hybridized carbons (Fsp3) is 0.0417. The Morgan fingerprint density at radius 2 is 1.53 bits per heavy atom. The van der Waals surface area contributed by atoms with Crippen LogP contribution in [0.3, 0.4) is 0 Å². The number of thiazole rings is 1. The summed E-state index contributed by atoms with van der Waals surface area (Å²) in [5, 5.41) is 0. The van der Waals surface area contributed by atoms with Crippen LogP contribution in [0.1, 0.15) is 26.3 Å². The Morgan fingerprint density at radius 1 is 0.833 bits per heavy atom. The van der Waals surface area contributed by atoms with Crippen molar-refractivity contribution in [3.05, 3.63) is 95.7 Å². The normalized spacial score (nSPS) is 13.5. The molecule has 5 nitrogen and oxygen atoms in total. The molecule has 6 heteroatoms. The van der Waals surface area contributed by atoms with Gasteiger partial charge in [-0.15, -0.1) is 0 Å². The molecule has 0 fully saturated rings. The fourth-order valence-electron chi connectivity index (χ4n) is 3.96. The van der Waals surface area contributed by atoms with Crippen molar-refractivity contribution in [3.63, 3.8) is 0 Å². The first-order valence-corrected chi connectivity index (χ1v) is 10.4. The van der Waals surface area contributed by atoms with Crippen LogP contribution in [0, 0.1) is 0 Å². The van der Waals surface area contributed by atoms with Crippen LogP contribution in [0.25, 0.3) is 26.4 Å². The topological polar surface area (TPSA) is 54.7 Å². The van der Waals surface area contributed by atoms with Crippen molar-refractivity contribution in [1.82, 2.24) is 14.3 Å². The molecule has 3 aromatic carbocycles. The smallest absolute Gasteiger partial charge is 0.261 e. The summed E-state index contributed by atoms with van der Waals surface area (Å²) in [6.45, 7) is 0.262. The molecule has 3 heterocycles. The van der Waals surface area contributed by atoms with Gasteiger partial charge in [-0.05, 0) is 29.8 Å². The van der Waals surface area contributed by atoms with E-state index in [-0.39, 0.29) is 18.4 Å². The minimum Gasteiger partial charge on any atom is -0.290 e. The maximum atomic E-state index is 12.6. The molecule has 0 atom stereocenters. The number of nitrogens with zero attached hydrogens (tertiary/aromatic N) is 3. The summed E-state index contributed by atoms with van der Waals surface area (Å²) in [7, 11) is 0. The van der Waals surface area contributed by atoms with Gasteiger partial charge in [-0.25, -0.2) is 4.98 Å². The zero-order valence-corrected chi connectivity index (χ0v) is 16.6. The van der Waals surface area contributed by atoms with Gasteiger partial charge >= 0.3 is 0 Å². The molecule has 2 aromatic heterocycles. The van der Waals surface area contributed by atoms with Crippen LogP contribution in [-0.4, -0.2) is 26.1 Å². The molecule has 5 aromatic rings. The number of imidazole rings is 1. The van der Waals surface area contributed by atoms with Crippen molar-refractivity contribution in [2.24, 2.45) is 0 Å². The molecule has 1 aliphatic rings. The van der Waals surface area contributed by atoms with Crippen molar-refractivity contribution < 1.29 is 9.59 Å². The largest absolute Gasteiger partial charge is 0.290 e. The summed E-state index contributed by atoms with van der Waals surface area (Å²) in [5.41, 5.74) is 4.97. The maximum Gasteiger partial charge on any atom is 0.261 e. The van der Waals surface area contributed by atoms with Crippen LogP contribution in [0.4, 0.5) is 0 Å². The molecule has 0 spiro atoms. The number of amides is 2. The number of carbonyl (C=O) groups is 2. The predicted molar refractivity (Wildman–Crippen MR) is 117 cm³/mol. The van der Waals surface area contributed by atoms with E-state index in [1.54, 1.807) is 35.6 Å². The van der Waals surface area contributed by atoms with Gasteiger partial charge in [0, 0.05) is 11.8 Å². The molecular weight excluding hydrogens is 394 g/mol. The van der Waals surface area contributed by atoms with E-state index in [4.69, 9.17) is 4.98 Å². The summed E-state index contributed by atoms with van der Waals surface area (Å²) in [6, 6.07) is 23.1. The predicted octanol–water partition coefficient (Wildman–Crippen LogP) is 5.01. The molecule has 0 radical (unpaired) electrons. The van der Waals surface area contributed by atoms with Crippen LogP contribution in [0.5, 0.6) is 0 Å². The van der Waals surface area contributed by atoms with Crippen molar-refractivity contribution in [2.75, 3.05) is 0 Å². The van der Waals surface area contributed by atoms with Crippen LogP contribution in [0.2, 0.25) is 0 Å². The number of rotatable bonds is 3.